The molecule has 0 heterocycles. The van der Waals surface area contributed by atoms with Crippen molar-refractivity contribution in [2.75, 3.05) is 13.2 Å². The van der Waals surface area contributed by atoms with Gasteiger partial charge in [0.05, 0.1) is 10.5 Å². The Labute approximate surface area is 110 Å². The number of benzene rings is 1. The third kappa shape index (κ3) is 5.03. The average Bonchev–Trinajstić information content (AvgIpc) is 2.43. The van der Waals surface area contributed by atoms with Gasteiger partial charge >= 0.3 is 11.7 Å². The van der Waals surface area contributed by atoms with Crippen molar-refractivity contribution >= 4 is 5.97 Å². The Morgan fingerprint density at radius 1 is 1.37 bits per heavy atom. The van der Waals surface area contributed by atoms with E-state index in [0.29, 0.717) is 5.56 Å². The summed E-state index contributed by atoms with van der Waals surface area (Å²) in [5.41, 5.74) is -0.0108. The predicted molar refractivity (Wildman–Crippen MR) is 68.0 cm³/mol. The van der Waals surface area contributed by atoms with Crippen LogP contribution in [0.2, 0.25) is 0 Å². The van der Waals surface area contributed by atoms with Gasteiger partial charge in [-0.25, -0.2) is 4.79 Å². The second kappa shape index (κ2) is 7.65. The average molecular weight is 263 g/mol. The molecule has 1 aromatic rings. The van der Waals surface area contributed by atoms with Crippen molar-refractivity contribution in [3.63, 3.8) is 0 Å². The molecule has 0 saturated heterocycles. The van der Waals surface area contributed by atoms with Gasteiger partial charge in [-0.1, -0.05) is 30.9 Å². The van der Waals surface area contributed by atoms with Crippen LogP contribution in [-0.4, -0.2) is 24.1 Å². The zero-order chi connectivity index (χ0) is 14.1. The van der Waals surface area contributed by atoms with E-state index in [1.165, 1.54) is 6.08 Å². The van der Waals surface area contributed by atoms with Crippen LogP contribution < -0.4 is 0 Å². The molecular weight excluding hydrogens is 250 g/mol. The molecule has 0 fully saturated rings. The lowest BCUT2D eigenvalue weighted by Crippen LogP contribution is -2.12. The van der Waals surface area contributed by atoms with E-state index in [2.05, 4.69) is 6.58 Å². The van der Waals surface area contributed by atoms with Crippen molar-refractivity contribution in [3.8, 4) is 0 Å². The Balaban J connectivity index is 2.57. The third-order valence-electron chi connectivity index (χ3n) is 2.03. The van der Waals surface area contributed by atoms with E-state index < -0.39 is 17.5 Å². The van der Waals surface area contributed by atoms with Crippen LogP contribution in [0.15, 0.2) is 54.9 Å². The smallest absolute Gasteiger partial charge is 0.338 e. The summed E-state index contributed by atoms with van der Waals surface area (Å²) >= 11 is 0. The monoisotopic (exact) mass is 263 g/mol. The van der Waals surface area contributed by atoms with Gasteiger partial charge in [-0.15, -0.1) is 0 Å². The fourth-order valence-corrected chi connectivity index (χ4v) is 1.14. The summed E-state index contributed by atoms with van der Waals surface area (Å²) in [6, 6.07) is 8.22. The molecule has 0 aliphatic rings. The van der Waals surface area contributed by atoms with E-state index in [0.717, 1.165) is 6.26 Å². The van der Waals surface area contributed by atoms with Crippen molar-refractivity contribution in [3.05, 3.63) is 70.6 Å². The first kappa shape index (κ1) is 14.4. The minimum absolute atomic E-state index is 0.143. The lowest BCUT2D eigenvalue weighted by molar-refractivity contribution is -0.431. The van der Waals surface area contributed by atoms with Gasteiger partial charge in [-0.05, 0) is 12.1 Å². The van der Waals surface area contributed by atoms with E-state index in [9.17, 15) is 14.9 Å². The van der Waals surface area contributed by atoms with Crippen LogP contribution >= 0.6 is 0 Å². The lowest BCUT2D eigenvalue weighted by atomic mass is 10.2. The fourth-order valence-electron chi connectivity index (χ4n) is 1.14. The summed E-state index contributed by atoms with van der Waals surface area (Å²) in [5.74, 6) is -0.628. The summed E-state index contributed by atoms with van der Waals surface area (Å²) in [6.07, 6.45) is 2.39. The maximum atomic E-state index is 11.6. The van der Waals surface area contributed by atoms with Gasteiger partial charge in [0, 0.05) is 0 Å². The van der Waals surface area contributed by atoms with Crippen LogP contribution in [0.3, 0.4) is 0 Å². The molecule has 0 N–H and O–H groups in total. The van der Waals surface area contributed by atoms with Crippen LogP contribution in [0.5, 0.6) is 0 Å². The number of ether oxygens (including phenoxy) is 2. The fraction of sp³-hybridized carbons (Fsp3) is 0.154. The highest BCUT2D eigenvalue weighted by Crippen LogP contribution is 2.04. The van der Waals surface area contributed by atoms with Crippen LogP contribution in [0, 0.1) is 10.1 Å². The number of esters is 1. The first-order valence-electron chi connectivity index (χ1n) is 5.43. The number of nitrogens with zero attached hydrogens (tertiary/aromatic N) is 1. The number of hydrogen-bond acceptors (Lipinski definition) is 5. The minimum Gasteiger partial charge on any atom is -0.490 e. The molecule has 0 amide bonds. The largest absolute Gasteiger partial charge is 0.490 e. The van der Waals surface area contributed by atoms with Crippen molar-refractivity contribution in [1.29, 1.82) is 0 Å². The quantitative estimate of drug-likeness (QED) is 0.188. The van der Waals surface area contributed by atoms with Crippen LogP contribution in [0.1, 0.15) is 10.4 Å². The summed E-state index contributed by atoms with van der Waals surface area (Å²) in [7, 11) is 0. The Hall–Kier alpha value is -2.63. The summed E-state index contributed by atoms with van der Waals surface area (Å²) in [6.45, 7) is 3.09. The molecule has 6 heteroatoms. The topological polar surface area (TPSA) is 78.7 Å². The molecule has 0 atom stereocenters. The van der Waals surface area contributed by atoms with Crippen LogP contribution in [0.25, 0.3) is 0 Å². The molecule has 0 aliphatic heterocycles. The zero-order valence-electron chi connectivity index (χ0n) is 10.2. The van der Waals surface area contributed by atoms with Gasteiger partial charge in [0.15, 0.2) is 12.9 Å². The van der Waals surface area contributed by atoms with Crippen molar-refractivity contribution in [1.82, 2.24) is 0 Å². The number of rotatable bonds is 7. The molecule has 0 aromatic heterocycles. The van der Waals surface area contributed by atoms with E-state index in [1.54, 1.807) is 30.3 Å². The van der Waals surface area contributed by atoms with E-state index in [-0.39, 0.29) is 12.3 Å². The van der Waals surface area contributed by atoms with Gasteiger partial charge in [-0.3, -0.25) is 10.1 Å². The molecular formula is C13H13NO5. The van der Waals surface area contributed by atoms with Gasteiger partial charge in [-0.2, -0.15) is 0 Å². The predicted octanol–water partition coefficient (Wildman–Crippen LogP) is 2.16. The molecule has 0 radical (unpaired) electrons. The molecule has 19 heavy (non-hydrogen) atoms. The zero-order valence-corrected chi connectivity index (χ0v) is 10.2. The number of nitro groups is 1. The van der Waals surface area contributed by atoms with Crippen molar-refractivity contribution < 1.29 is 19.2 Å². The van der Waals surface area contributed by atoms with Gasteiger partial charge in [0.2, 0.25) is 0 Å². The van der Waals surface area contributed by atoms with Crippen LogP contribution in [-0.2, 0) is 9.47 Å². The molecule has 0 saturated carbocycles. The lowest BCUT2D eigenvalue weighted by Gasteiger charge is -2.03. The highest BCUT2D eigenvalue weighted by molar-refractivity contribution is 5.89. The first-order chi connectivity index (χ1) is 9.15. The molecule has 100 valence electrons. The first-order valence-corrected chi connectivity index (χ1v) is 5.43. The Morgan fingerprint density at radius 3 is 2.63 bits per heavy atom. The van der Waals surface area contributed by atoms with Gasteiger partial charge < -0.3 is 9.47 Å². The molecule has 0 spiro atoms. The van der Waals surface area contributed by atoms with Crippen LogP contribution in [0.4, 0.5) is 0 Å². The SMILES string of the molecule is C=CCOC=C(COC(=O)c1ccccc1)[N+](=O)[O-]. The highest BCUT2D eigenvalue weighted by atomic mass is 16.6. The number of hydrogen-bond donors (Lipinski definition) is 0. The van der Waals surface area contributed by atoms with Crippen molar-refractivity contribution in [2.45, 2.75) is 0 Å². The normalized spacial score (nSPS) is 10.6. The maximum absolute atomic E-state index is 11.6. The molecule has 6 nitrogen and oxygen atoms in total. The maximum Gasteiger partial charge on any atom is 0.338 e. The standard InChI is InChI=1S/C13H13NO5/c1-2-8-18-9-12(14(16)17)10-19-13(15)11-6-4-3-5-7-11/h2-7,9H,1,8,10H2. The second-order valence-electron chi connectivity index (χ2n) is 3.43. The van der Waals surface area contributed by atoms with E-state index >= 15 is 0 Å². The van der Waals surface area contributed by atoms with Crippen molar-refractivity contribution in [2.24, 2.45) is 0 Å². The molecule has 0 aliphatic carbocycles. The van der Waals surface area contributed by atoms with Gasteiger partial charge in [0.25, 0.3) is 0 Å². The third-order valence-corrected chi connectivity index (χ3v) is 2.03. The van der Waals surface area contributed by atoms with E-state index in [1.807, 2.05) is 0 Å². The molecule has 1 rings (SSSR count). The summed E-state index contributed by atoms with van der Waals surface area (Å²) in [5, 5.41) is 10.7. The Kier molecular flexibility index (Phi) is 5.81. The van der Waals surface area contributed by atoms with E-state index in [4.69, 9.17) is 9.47 Å². The molecule has 1 aromatic carbocycles. The number of carbonyl (C=O) groups is 1. The summed E-state index contributed by atoms with van der Waals surface area (Å²) in [4.78, 5) is 21.6. The minimum atomic E-state index is -0.665. The highest BCUT2D eigenvalue weighted by Gasteiger charge is 2.15. The summed E-state index contributed by atoms with van der Waals surface area (Å²) < 4.78 is 9.66. The van der Waals surface area contributed by atoms with Gasteiger partial charge in [0.1, 0.15) is 6.61 Å². The second-order valence-corrected chi connectivity index (χ2v) is 3.43. The number of carbonyl (C=O) groups excluding carboxylic acids is 1. The molecule has 0 unspecified atom stereocenters. The Morgan fingerprint density at radius 2 is 2.05 bits per heavy atom. The Bertz CT molecular complexity index is 481. The molecule has 0 bridgehead atoms.